The van der Waals surface area contributed by atoms with Crippen LogP contribution < -0.4 is 5.32 Å². The van der Waals surface area contributed by atoms with Crippen LogP contribution in [0.2, 0.25) is 0 Å². The van der Waals surface area contributed by atoms with Crippen molar-refractivity contribution in [1.82, 2.24) is 25.1 Å². The first-order valence-corrected chi connectivity index (χ1v) is 9.95. The summed E-state index contributed by atoms with van der Waals surface area (Å²) in [6, 6.07) is 8.17. The highest BCUT2D eigenvalue weighted by molar-refractivity contribution is 8.00. The average Bonchev–Trinajstić information content (AvgIpc) is 2.93. The molecular formula is C19H25N5OS. The molecule has 3 aromatic rings. The number of thioether (sulfide) groups is 1. The zero-order valence-corrected chi connectivity index (χ0v) is 16.5. The number of amides is 1. The Morgan fingerprint density at radius 2 is 2.00 bits per heavy atom. The lowest BCUT2D eigenvalue weighted by Gasteiger charge is -2.12. The SMILES string of the molecule is CCCn1c2ccccc2c2nnc(SC(C)C(=O)NCC(C)C)nc21. The summed E-state index contributed by atoms with van der Waals surface area (Å²) in [5, 5.41) is 13.0. The van der Waals surface area contributed by atoms with Crippen molar-refractivity contribution in [3.05, 3.63) is 24.3 Å². The minimum absolute atomic E-state index is 0.00139. The normalized spacial score (nSPS) is 12.8. The Bertz CT molecular complexity index is 921. The van der Waals surface area contributed by atoms with Crippen LogP contribution in [0.1, 0.15) is 34.1 Å². The third kappa shape index (κ3) is 3.82. The maximum absolute atomic E-state index is 12.2. The van der Waals surface area contributed by atoms with E-state index in [9.17, 15) is 4.79 Å². The van der Waals surface area contributed by atoms with E-state index < -0.39 is 0 Å². The first-order valence-electron chi connectivity index (χ1n) is 9.07. The Morgan fingerprint density at radius 3 is 2.73 bits per heavy atom. The standard InChI is InChI=1S/C19H25N5OS/c1-5-10-24-15-9-7-6-8-14(15)16-17(24)21-19(23-22-16)26-13(4)18(25)20-11-12(2)3/h6-9,12-13H,5,10-11H2,1-4H3,(H,20,25). The summed E-state index contributed by atoms with van der Waals surface area (Å²) in [7, 11) is 0. The van der Waals surface area contributed by atoms with Gasteiger partial charge in [0.2, 0.25) is 11.1 Å². The zero-order valence-electron chi connectivity index (χ0n) is 15.7. The van der Waals surface area contributed by atoms with Crippen molar-refractivity contribution in [2.75, 3.05) is 6.54 Å². The maximum atomic E-state index is 12.2. The molecule has 0 saturated heterocycles. The van der Waals surface area contributed by atoms with Crippen LogP contribution in [-0.2, 0) is 11.3 Å². The molecule has 3 rings (SSSR count). The average molecular weight is 372 g/mol. The van der Waals surface area contributed by atoms with E-state index in [1.165, 1.54) is 11.8 Å². The fraction of sp³-hybridized carbons (Fsp3) is 0.474. The number of benzene rings is 1. The first kappa shape index (κ1) is 18.6. The molecule has 6 nitrogen and oxygen atoms in total. The van der Waals surface area contributed by atoms with E-state index in [-0.39, 0.29) is 11.2 Å². The molecule has 0 bridgehead atoms. The Morgan fingerprint density at radius 1 is 1.23 bits per heavy atom. The van der Waals surface area contributed by atoms with E-state index >= 15 is 0 Å². The first-order chi connectivity index (χ1) is 12.5. The number of nitrogens with zero attached hydrogens (tertiary/aromatic N) is 4. The van der Waals surface area contributed by atoms with Gasteiger partial charge in [-0.2, -0.15) is 0 Å². The fourth-order valence-electron chi connectivity index (χ4n) is 2.85. The summed E-state index contributed by atoms with van der Waals surface area (Å²) in [5.41, 5.74) is 2.77. The number of hydrogen-bond acceptors (Lipinski definition) is 5. The predicted octanol–water partition coefficient (Wildman–Crippen LogP) is 3.64. The van der Waals surface area contributed by atoms with Crippen molar-refractivity contribution in [3.8, 4) is 0 Å². The van der Waals surface area contributed by atoms with Crippen molar-refractivity contribution in [1.29, 1.82) is 0 Å². The van der Waals surface area contributed by atoms with E-state index in [0.717, 1.165) is 35.0 Å². The molecule has 1 N–H and O–H groups in total. The number of aromatic nitrogens is 4. The second kappa shape index (κ2) is 8.03. The van der Waals surface area contributed by atoms with Gasteiger partial charge in [-0.3, -0.25) is 4.79 Å². The smallest absolute Gasteiger partial charge is 0.233 e. The van der Waals surface area contributed by atoms with Gasteiger partial charge >= 0.3 is 0 Å². The summed E-state index contributed by atoms with van der Waals surface area (Å²) in [6.07, 6.45) is 1.01. The molecule has 7 heteroatoms. The number of carbonyl (C=O) groups excluding carboxylic acids is 1. The molecule has 0 fully saturated rings. The quantitative estimate of drug-likeness (QED) is 0.642. The molecule has 0 spiro atoms. The highest BCUT2D eigenvalue weighted by Gasteiger charge is 2.19. The van der Waals surface area contributed by atoms with Crippen molar-refractivity contribution >= 4 is 39.7 Å². The summed E-state index contributed by atoms with van der Waals surface area (Å²) in [6.45, 7) is 9.71. The lowest BCUT2D eigenvalue weighted by Crippen LogP contribution is -2.33. The van der Waals surface area contributed by atoms with Crippen molar-refractivity contribution in [2.24, 2.45) is 5.92 Å². The van der Waals surface area contributed by atoms with Crippen LogP contribution in [0.25, 0.3) is 22.1 Å². The molecule has 0 aliphatic rings. The maximum Gasteiger partial charge on any atom is 0.233 e. The van der Waals surface area contributed by atoms with Gasteiger partial charge < -0.3 is 9.88 Å². The van der Waals surface area contributed by atoms with E-state index in [1.807, 2.05) is 19.1 Å². The van der Waals surface area contributed by atoms with E-state index in [1.54, 1.807) is 0 Å². The highest BCUT2D eigenvalue weighted by Crippen LogP contribution is 2.28. The van der Waals surface area contributed by atoms with Gasteiger partial charge in [-0.25, -0.2) is 4.98 Å². The van der Waals surface area contributed by atoms with Crippen molar-refractivity contribution in [2.45, 2.75) is 51.1 Å². The van der Waals surface area contributed by atoms with Gasteiger partial charge in [0, 0.05) is 18.5 Å². The van der Waals surface area contributed by atoms with Crippen LogP contribution in [0, 0.1) is 5.92 Å². The van der Waals surface area contributed by atoms with E-state index in [4.69, 9.17) is 4.98 Å². The molecule has 1 aromatic carbocycles. The van der Waals surface area contributed by atoms with Crippen molar-refractivity contribution < 1.29 is 4.79 Å². The summed E-state index contributed by atoms with van der Waals surface area (Å²) in [4.78, 5) is 16.9. The number of para-hydroxylation sites is 1. The van der Waals surface area contributed by atoms with Crippen LogP contribution in [0.15, 0.2) is 29.4 Å². The van der Waals surface area contributed by atoms with Gasteiger partial charge in [-0.05, 0) is 25.3 Å². The van der Waals surface area contributed by atoms with Gasteiger partial charge in [0.25, 0.3) is 0 Å². The number of rotatable bonds is 7. The van der Waals surface area contributed by atoms with Gasteiger partial charge in [-0.15, -0.1) is 10.2 Å². The number of nitrogens with one attached hydrogen (secondary N) is 1. The highest BCUT2D eigenvalue weighted by atomic mass is 32.2. The molecule has 1 atom stereocenters. The van der Waals surface area contributed by atoms with E-state index in [0.29, 0.717) is 17.6 Å². The summed E-state index contributed by atoms with van der Waals surface area (Å²) >= 11 is 1.34. The Hall–Kier alpha value is -2.15. The van der Waals surface area contributed by atoms with Crippen LogP contribution in [0.4, 0.5) is 0 Å². The Balaban J connectivity index is 1.90. The fourth-order valence-corrected chi connectivity index (χ4v) is 3.58. The van der Waals surface area contributed by atoms with Gasteiger partial charge in [-0.1, -0.05) is 50.7 Å². The Kier molecular flexibility index (Phi) is 5.76. The molecule has 1 amide bonds. The van der Waals surface area contributed by atoms with Crippen molar-refractivity contribution in [3.63, 3.8) is 0 Å². The minimum Gasteiger partial charge on any atom is -0.355 e. The molecular weight excluding hydrogens is 346 g/mol. The van der Waals surface area contributed by atoms with Crippen LogP contribution in [0.5, 0.6) is 0 Å². The lowest BCUT2D eigenvalue weighted by atomic mass is 10.2. The topological polar surface area (TPSA) is 72.7 Å². The third-order valence-corrected chi connectivity index (χ3v) is 5.09. The molecule has 2 heterocycles. The molecule has 1 unspecified atom stereocenters. The predicted molar refractivity (Wildman–Crippen MR) is 106 cm³/mol. The summed E-state index contributed by atoms with van der Waals surface area (Å²) in [5.74, 6) is 0.427. The van der Waals surface area contributed by atoms with Gasteiger partial charge in [0.15, 0.2) is 5.65 Å². The van der Waals surface area contributed by atoms with Crippen LogP contribution in [0.3, 0.4) is 0 Å². The molecule has 0 radical (unpaired) electrons. The molecule has 0 saturated carbocycles. The van der Waals surface area contributed by atoms with Gasteiger partial charge in [0.05, 0.1) is 10.8 Å². The van der Waals surface area contributed by atoms with Gasteiger partial charge in [0.1, 0.15) is 5.52 Å². The Labute approximate surface area is 157 Å². The second-order valence-corrected chi connectivity index (χ2v) is 8.14. The largest absolute Gasteiger partial charge is 0.355 e. The zero-order chi connectivity index (χ0) is 18.7. The number of fused-ring (bicyclic) bond motifs is 3. The van der Waals surface area contributed by atoms with Crippen LogP contribution >= 0.6 is 11.8 Å². The minimum atomic E-state index is -0.267. The molecule has 138 valence electrons. The number of aryl methyl sites for hydroxylation is 1. The summed E-state index contributed by atoms with van der Waals surface area (Å²) < 4.78 is 2.19. The number of hydrogen-bond donors (Lipinski definition) is 1. The van der Waals surface area contributed by atoms with Crippen LogP contribution in [-0.4, -0.2) is 37.5 Å². The number of carbonyl (C=O) groups is 1. The van der Waals surface area contributed by atoms with E-state index in [2.05, 4.69) is 53.0 Å². The molecule has 0 aliphatic heterocycles. The molecule has 26 heavy (non-hydrogen) atoms. The second-order valence-electron chi connectivity index (χ2n) is 6.83. The third-order valence-electron chi connectivity index (χ3n) is 4.14. The molecule has 2 aromatic heterocycles. The monoisotopic (exact) mass is 371 g/mol. The lowest BCUT2D eigenvalue weighted by molar-refractivity contribution is -0.120. The molecule has 0 aliphatic carbocycles.